The van der Waals surface area contributed by atoms with Crippen LogP contribution in [0.15, 0.2) is 0 Å². The number of halogens is 2. The Hall–Kier alpha value is 0.380. The lowest BCUT2D eigenvalue weighted by Crippen LogP contribution is -2.49. The molecule has 0 bridgehead atoms. The number of nitrogens with zero attached hydrogens (tertiary/aromatic N) is 2. The molecular formula is C12H27Cl2N3O2. The summed E-state index contributed by atoms with van der Waals surface area (Å²) >= 11 is 0. The number of ether oxygens (including phenoxy) is 2. The van der Waals surface area contributed by atoms with E-state index in [1.165, 1.54) is 19.6 Å². The van der Waals surface area contributed by atoms with Crippen LogP contribution >= 0.6 is 24.8 Å². The van der Waals surface area contributed by atoms with Crippen LogP contribution in [0.3, 0.4) is 0 Å². The van der Waals surface area contributed by atoms with Gasteiger partial charge in [0, 0.05) is 59.5 Å². The van der Waals surface area contributed by atoms with Gasteiger partial charge < -0.3 is 14.8 Å². The topological polar surface area (TPSA) is 37.0 Å². The van der Waals surface area contributed by atoms with Gasteiger partial charge in [0.05, 0.1) is 19.3 Å². The van der Waals surface area contributed by atoms with Crippen molar-refractivity contribution in [3.8, 4) is 0 Å². The molecule has 2 rings (SSSR count). The summed E-state index contributed by atoms with van der Waals surface area (Å²) < 4.78 is 10.8. The van der Waals surface area contributed by atoms with E-state index in [0.29, 0.717) is 6.61 Å². The Labute approximate surface area is 128 Å². The van der Waals surface area contributed by atoms with Crippen LogP contribution in [-0.2, 0) is 9.47 Å². The largest absolute Gasteiger partial charge is 0.382 e. The quantitative estimate of drug-likeness (QED) is 0.778. The summed E-state index contributed by atoms with van der Waals surface area (Å²) in [6.45, 7) is 10.6. The van der Waals surface area contributed by atoms with Crippen molar-refractivity contribution < 1.29 is 9.47 Å². The highest BCUT2D eigenvalue weighted by Crippen LogP contribution is 2.05. The average Bonchev–Trinajstić information content (AvgIpc) is 2.39. The SMILES string of the molecule is COC[C@@H]1CN(CCN2CCNCC2)CCO1.Cl.Cl. The van der Waals surface area contributed by atoms with E-state index >= 15 is 0 Å². The van der Waals surface area contributed by atoms with Crippen molar-refractivity contribution in [2.24, 2.45) is 0 Å². The van der Waals surface area contributed by atoms with Gasteiger partial charge in [-0.25, -0.2) is 0 Å². The lowest BCUT2D eigenvalue weighted by molar-refractivity contribution is -0.0623. The molecule has 2 fully saturated rings. The minimum atomic E-state index is 0. The molecule has 7 heteroatoms. The average molecular weight is 316 g/mol. The molecule has 0 spiro atoms. The second-order valence-electron chi connectivity index (χ2n) is 4.84. The second kappa shape index (κ2) is 11.1. The highest BCUT2D eigenvalue weighted by Gasteiger charge is 2.20. The van der Waals surface area contributed by atoms with Gasteiger partial charge in [-0.15, -0.1) is 24.8 Å². The first-order valence-corrected chi connectivity index (χ1v) is 6.64. The first kappa shape index (κ1) is 19.4. The van der Waals surface area contributed by atoms with Crippen molar-refractivity contribution in [3.05, 3.63) is 0 Å². The fourth-order valence-electron chi connectivity index (χ4n) is 2.49. The number of morpholine rings is 1. The van der Waals surface area contributed by atoms with Crippen LogP contribution in [0.2, 0.25) is 0 Å². The Bertz CT molecular complexity index is 217. The van der Waals surface area contributed by atoms with Crippen molar-refractivity contribution >= 4 is 24.8 Å². The molecule has 0 radical (unpaired) electrons. The third-order valence-corrected chi connectivity index (χ3v) is 3.52. The van der Waals surface area contributed by atoms with Crippen molar-refractivity contribution in [3.63, 3.8) is 0 Å². The van der Waals surface area contributed by atoms with Crippen LogP contribution in [0.1, 0.15) is 0 Å². The maximum absolute atomic E-state index is 5.65. The van der Waals surface area contributed by atoms with Crippen LogP contribution in [-0.4, -0.2) is 88.6 Å². The van der Waals surface area contributed by atoms with Gasteiger partial charge in [-0.2, -0.15) is 0 Å². The van der Waals surface area contributed by atoms with Crippen LogP contribution in [0, 0.1) is 0 Å². The molecule has 0 aromatic rings. The smallest absolute Gasteiger partial charge is 0.0935 e. The number of piperazine rings is 1. The molecule has 2 aliphatic heterocycles. The summed E-state index contributed by atoms with van der Waals surface area (Å²) in [6.07, 6.45) is 0.261. The van der Waals surface area contributed by atoms with Crippen molar-refractivity contribution in [2.75, 3.05) is 72.7 Å². The zero-order chi connectivity index (χ0) is 11.9. The van der Waals surface area contributed by atoms with E-state index in [2.05, 4.69) is 15.1 Å². The molecular weight excluding hydrogens is 289 g/mol. The predicted molar refractivity (Wildman–Crippen MR) is 81.9 cm³/mol. The van der Waals surface area contributed by atoms with Gasteiger partial charge in [0.1, 0.15) is 0 Å². The van der Waals surface area contributed by atoms with Gasteiger partial charge in [-0.3, -0.25) is 9.80 Å². The summed E-state index contributed by atoms with van der Waals surface area (Å²) in [7, 11) is 1.74. The Balaban J connectivity index is 0.00000162. The molecule has 5 nitrogen and oxygen atoms in total. The van der Waals surface area contributed by atoms with E-state index in [1.54, 1.807) is 7.11 Å². The fourth-order valence-corrected chi connectivity index (χ4v) is 2.49. The van der Waals surface area contributed by atoms with Gasteiger partial charge >= 0.3 is 0 Å². The number of nitrogens with one attached hydrogen (secondary N) is 1. The van der Waals surface area contributed by atoms with E-state index < -0.39 is 0 Å². The Morgan fingerprint density at radius 3 is 2.47 bits per heavy atom. The van der Waals surface area contributed by atoms with Crippen LogP contribution in [0.4, 0.5) is 0 Å². The van der Waals surface area contributed by atoms with Crippen molar-refractivity contribution in [2.45, 2.75) is 6.10 Å². The standard InChI is InChI=1S/C12H25N3O2.2ClH/c1-16-11-12-10-15(8-9-17-12)7-6-14-4-2-13-3-5-14;;/h12-13H,2-11H2,1H3;2*1H/t12-;;/m0../s1. The van der Waals surface area contributed by atoms with E-state index in [-0.39, 0.29) is 30.9 Å². The molecule has 0 aromatic heterocycles. The molecule has 2 saturated heterocycles. The maximum atomic E-state index is 5.65. The number of hydrogen-bond donors (Lipinski definition) is 1. The summed E-state index contributed by atoms with van der Waals surface area (Å²) in [6, 6.07) is 0. The van der Waals surface area contributed by atoms with Gasteiger partial charge in [0.15, 0.2) is 0 Å². The van der Waals surface area contributed by atoms with E-state index in [9.17, 15) is 0 Å². The number of hydrogen-bond acceptors (Lipinski definition) is 5. The lowest BCUT2D eigenvalue weighted by Gasteiger charge is -2.35. The van der Waals surface area contributed by atoms with E-state index in [0.717, 1.165) is 39.3 Å². The summed E-state index contributed by atoms with van der Waals surface area (Å²) in [5.74, 6) is 0. The molecule has 0 aliphatic carbocycles. The number of methoxy groups -OCH3 is 1. The molecule has 0 aromatic carbocycles. The van der Waals surface area contributed by atoms with Gasteiger partial charge in [0.2, 0.25) is 0 Å². The van der Waals surface area contributed by atoms with Crippen molar-refractivity contribution in [1.82, 2.24) is 15.1 Å². The zero-order valence-corrected chi connectivity index (χ0v) is 13.3. The van der Waals surface area contributed by atoms with Crippen LogP contribution in [0.5, 0.6) is 0 Å². The van der Waals surface area contributed by atoms with Crippen LogP contribution in [0.25, 0.3) is 0 Å². The van der Waals surface area contributed by atoms with Gasteiger partial charge in [-0.05, 0) is 0 Å². The minimum absolute atomic E-state index is 0. The molecule has 0 amide bonds. The first-order chi connectivity index (χ1) is 8.38. The third kappa shape index (κ3) is 7.09. The monoisotopic (exact) mass is 315 g/mol. The van der Waals surface area contributed by atoms with Crippen LogP contribution < -0.4 is 5.32 Å². The molecule has 0 unspecified atom stereocenters. The predicted octanol–water partition coefficient (Wildman–Crippen LogP) is 0.0824. The highest BCUT2D eigenvalue weighted by atomic mass is 35.5. The Morgan fingerprint density at radius 1 is 1.11 bits per heavy atom. The zero-order valence-electron chi connectivity index (χ0n) is 11.7. The molecule has 2 aliphatic rings. The fraction of sp³-hybridized carbons (Fsp3) is 1.00. The Kier molecular flexibility index (Phi) is 11.3. The van der Waals surface area contributed by atoms with Crippen molar-refractivity contribution in [1.29, 1.82) is 0 Å². The molecule has 1 atom stereocenters. The maximum Gasteiger partial charge on any atom is 0.0935 e. The third-order valence-electron chi connectivity index (χ3n) is 3.52. The molecule has 19 heavy (non-hydrogen) atoms. The first-order valence-electron chi connectivity index (χ1n) is 6.64. The summed E-state index contributed by atoms with van der Waals surface area (Å²) in [4.78, 5) is 5.03. The minimum Gasteiger partial charge on any atom is -0.382 e. The molecule has 0 saturated carbocycles. The van der Waals surface area contributed by atoms with Gasteiger partial charge in [-0.1, -0.05) is 0 Å². The molecule has 1 N–H and O–H groups in total. The van der Waals surface area contributed by atoms with E-state index in [4.69, 9.17) is 9.47 Å². The molecule has 116 valence electrons. The summed E-state index contributed by atoms with van der Waals surface area (Å²) in [5.41, 5.74) is 0. The summed E-state index contributed by atoms with van der Waals surface area (Å²) in [5, 5.41) is 3.38. The van der Waals surface area contributed by atoms with E-state index in [1.807, 2.05) is 0 Å². The normalized spacial score (nSPS) is 25.4. The highest BCUT2D eigenvalue weighted by molar-refractivity contribution is 5.85. The number of rotatable bonds is 5. The van der Waals surface area contributed by atoms with Gasteiger partial charge in [0.25, 0.3) is 0 Å². The second-order valence-corrected chi connectivity index (χ2v) is 4.84. The lowest BCUT2D eigenvalue weighted by atomic mass is 10.2. The Morgan fingerprint density at radius 2 is 1.79 bits per heavy atom. The molecule has 2 heterocycles.